The standard InChI is InChI=1S/C12H17Si/c1-8(2)10-6-5-7-11(13)12(10)9(3)4/h5-9H,1-4H3. The summed E-state index contributed by atoms with van der Waals surface area (Å²) in [6.45, 7) is 8.97. The maximum absolute atomic E-state index is 3.67. The van der Waals surface area contributed by atoms with Crippen LogP contribution in [-0.4, -0.2) is 10.2 Å². The first-order valence-electron chi connectivity index (χ1n) is 4.88. The molecular weight excluding hydrogens is 172 g/mol. The molecule has 1 aromatic carbocycles. The summed E-state index contributed by atoms with van der Waals surface area (Å²) in [7, 11) is 3.67. The average molecular weight is 189 g/mol. The third-order valence-electron chi connectivity index (χ3n) is 2.34. The Balaban J connectivity index is 3.26. The van der Waals surface area contributed by atoms with Gasteiger partial charge in [-0.05, 0) is 23.0 Å². The molecule has 0 aliphatic carbocycles. The first-order valence-corrected chi connectivity index (χ1v) is 5.38. The average Bonchev–Trinajstić information content (AvgIpc) is 2.02. The van der Waals surface area contributed by atoms with Gasteiger partial charge in [0.05, 0.1) is 10.2 Å². The van der Waals surface area contributed by atoms with Crippen molar-refractivity contribution in [2.45, 2.75) is 39.5 Å². The van der Waals surface area contributed by atoms with Gasteiger partial charge in [0.2, 0.25) is 0 Å². The highest BCUT2D eigenvalue weighted by Gasteiger charge is 2.11. The fraction of sp³-hybridized carbons (Fsp3) is 0.500. The Morgan fingerprint density at radius 3 is 2.00 bits per heavy atom. The highest BCUT2D eigenvalue weighted by molar-refractivity contribution is 6.33. The molecule has 0 saturated carbocycles. The Labute approximate surface area is 84.8 Å². The van der Waals surface area contributed by atoms with Gasteiger partial charge in [0.15, 0.2) is 0 Å². The molecule has 0 spiro atoms. The third-order valence-corrected chi connectivity index (χ3v) is 2.78. The van der Waals surface area contributed by atoms with E-state index in [1.54, 1.807) is 0 Å². The molecule has 0 bridgehead atoms. The van der Waals surface area contributed by atoms with Crippen molar-refractivity contribution >= 4 is 15.4 Å². The van der Waals surface area contributed by atoms with Crippen LogP contribution in [0.15, 0.2) is 18.2 Å². The molecule has 1 aromatic rings. The van der Waals surface area contributed by atoms with E-state index < -0.39 is 0 Å². The predicted molar refractivity (Wildman–Crippen MR) is 60.0 cm³/mol. The van der Waals surface area contributed by atoms with E-state index in [9.17, 15) is 0 Å². The summed E-state index contributed by atoms with van der Waals surface area (Å²) in [6.07, 6.45) is 0. The SMILES string of the molecule is CC(C)c1cccc([Si])c1C(C)C. The second-order valence-electron chi connectivity index (χ2n) is 4.12. The van der Waals surface area contributed by atoms with E-state index in [2.05, 4.69) is 56.1 Å². The lowest BCUT2D eigenvalue weighted by Gasteiger charge is -2.18. The van der Waals surface area contributed by atoms with Crippen molar-refractivity contribution in [1.82, 2.24) is 0 Å². The fourth-order valence-electron chi connectivity index (χ4n) is 1.73. The second kappa shape index (κ2) is 4.10. The monoisotopic (exact) mass is 189 g/mol. The van der Waals surface area contributed by atoms with Gasteiger partial charge >= 0.3 is 0 Å². The molecule has 1 heteroatoms. The zero-order valence-corrected chi connectivity index (χ0v) is 9.89. The minimum absolute atomic E-state index is 0.589. The largest absolute Gasteiger partial charge is 0.0715 e. The molecular formula is C12H17Si. The maximum atomic E-state index is 3.67. The third kappa shape index (κ3) is 2.22. The molecule has 0 aromatic heterocycles. The van der Waals surface area contributed by atoms with Crippen molar-refractivity contribution in [3.63, 3.8) is 0 Å². The van der Waals surface area contributed by atoms with Crippen LogP contribution in [0.3, 0.4) is 0 Å². The summed E-state index contributed by atoms with van der Waals surface area (Å²) >= 11 is 0. The Hall–Kier alpha value is -0.563. The van der Waals surface area contributed by atoms with Gasteiger partial charge < -0.3 is 0 Å². The summed E-state index contributed by atoms with van der Waals surface area (Å²) in [6, 6.07) is 6.46. The summed E-state index contributed by atoms with van der Waals surface area (Å²) < 4.78 is 0. The summed E-state index contributed by atoms with van der Waals surface area (Å²) in [5.74, 6) is 1.19. The van der Waals surface area contributed by atoms with Crippen LogP contribution in [0.4, 0.5) is 0 Å². The van der Waals surface area contributed by atoms with Crippen molar-refractivity contribution in [3.8, 4) is 0 Å². The van der Waals surface area contributed by atoms with Crippen LogP contribution < -0.4 is 5.19 Å². The van der Waals surface area contributed by atoms with E-state index in [1.807, 2.05) is 0 Å². The van der Waals surface area contributed by atoms with E-state index in [1.165, 1.54) is 16.3 Å². The van der Waals surface area contributed by atoms with Crippen molar-refractivity contribution in [1.29, 1.82) is 0 Å². The molecule has 0 amide bonds. The maximum Gasteiger partial charge on any atom is 0.0715 e. The van der Waals surface area contributed by atoms with E-state index in [0.717, 1.165) is 0 Å². The molecule has 0 heterocycles. The first-order chi connectivity index (χ1) is 6.04. The van der Waals surface area contributed by atoms with Gasteiger partial charge in [-0.1, -0.05) is 51.1 Å². The number of hydrogen-bond donors (Lipinski definition) is 0. The van der Waals surface area contributed by atoms with Gasteiger partial charge in [-0.25, -0.2) is 0 Å². The van der Waals surface area contributed by atoms with Gasteiger partial charge in [-0.15, -0.1) is 0 Å². The predicted octanol–water partition coefficient (Wildman–Crippen LogP) is 2.73. The van der Waals surface area contributed by atoms with Crippen molar-refractivity contribution in [2.24, 2.45) is 0 Å². The molecule has 0 aliphatic heterocycles. The molecule has 0 nitrogen and oxygen atoms in total. The van der Waals surface area contributed by atoms with Gasteiger partial charge in [0, 0.05) is 0 Å². The molecule has 0 atom stereocenters. The van der Waals surface area contributed by atoms with Crippen LogP contribution in [0, 0.1) is 0 Å². The molecule has 0 saturated heterocycles. The second-order valence-corrected chi connectivity index (χ2v) is 4.66. The van der Waals surface area contributed by atoms with Crippen LogP contribution in [0.25, 0.3) is 0 Å². The summed E-state index contributed by atoms with van der Waals surface area (Å²) in [4.78, 5) is 0. The lowest BCUT2D eigenvalue weighted by atomic mass is 9.91. The lowest BCUT2D eigenvalue weighted by Crippen LogP contribution is -2.15. The summed E-state index contributed by atoms with van der Waals surface area (Å²) in [5.41, 5.74) is 2.91. The molecule has 0 unspecified atom stereocenters. The van der Waals surface area contributed by atoms with Crippen LogP contribution >= 0.6 is 0 Å². The molecule has 13 heavy (non-hydrogen) atoms. The fourth-order valence-corrected chi connectivity index (χ4v) is 2.26. The minimum Gasteiger partial charge on any atom is -0.0637 e. The molecule has 0 fully saturated rings. The normalized spacial score (nSPS) is 11.3. The molecule has 0 N–H and O–H groups in total. The van der Waals surface area contributed by atoms with Gasteiger partial charge in [0.1, 0.15) is 0 Å². The number of hydrogen-bond acceptors (Lipinski definition) is 0. The Morgan fingerprint density at radius 1 is 1.00 bits per heavy atom. The number of rotatable bonds is 2. The van der Waals surface area contributed by atoms with Crippen LogP contribution in [0.5, 0.6) is 0 Å². The van der Waals surface area contributed by atoms with Crippen molar-refractivity contribution in [2.75, 3.05) is 0 Å². The van der Waals surface area contributed by atoms with Crippen molar-refractivity contribution < 1.29 is 0 Å². The smallest absolute Gasteiger partial charge is 0.0637 e. The molecule has 1 rings (SSSR count). The highest BCUT2D eigenvalue weighted by atomic mass is 28.1. The lowest BCUT2D eigenvalue weighted by molar-refractivity contribution is 0.795. The first kappa shape index (κ1) is 10.5. The molecule has 3 radical (unpaired) electrons. The van der Waals surface area contributed by atoms with E-state index in [4.69, 9.17) is 0 Å². The van der Waals surface area contributed by atoms with Crippen molar-refractivity contribution in [3.05, 3.63) is 29.3 Å². The van der Waals surface area contributed by atoms with E-state index in [-0.39, 0.29) is 0 Å². The van der Waals surface area contributed by atoms with E-state index >= 15 is 0 Å². The zero-order chi connectivity index (χ0) is 10.0. The van der Waals surface area contributed by atoms with Crippen LogP contribution in [-0.2, 0) is 0 Å². The van der Waals surface area contributed by atoms with Crippen LogP contribution in [0.1, 0.15) is 50.7 Å². The van der Waals surface area contributed by atoms with E-state index in [0.29, 0.717) is 11.8 Å². The zero-order valence-electron chi connectivity index (χ0n) is 8.89. The molecule has 69 valence electrons. The Bertz CT molecular complexity index is 287. The topological polar surface area (TPSA) is 0 Å². The van der Waals surface area contributed by atoms with Crippen LogP contribution in [0.2, 0.25) is 0 Å². The van der Waals surface area contributed by atoms with Gasteiger partial charge in [0.25, 0.3) is 0 Å². The highest BCUT2D eigenvalue weighted by Crippen LogP contribution is 2.23. The number of benzene rings is 1. The Kier molecular flexibility index (Phi) is 3.31. The Morgan fingerprint density at radius 2 is 1.62 bits per heavy atom. The van der Waals surface area contributed by atoms with Gasteiger partial charge in [-0.2, -0.15) is 0 Å². The minimum atomic E-state index is 0.589. The summed E-state index contributed by atoms with van der Waals surface area (Å²) in [5, 5.41) is 1.24. The van der Waals surface area contributed by atoms with Gasteiger partial charge in [-0.3, -0.25) is 0 Å². The molecule has 0 aliphatic rings. The quantitative estimate of drug-likeness (QED) is 0.628.